The maximum absolute atomic E-state index is 13.7. The summed E-state index contributed by atoms with van der Waals surface area (Å²) in [7, 11) is 3.88. The van der Waals surface area contributed by atoms with Crippen LogP contribution in [0.3, 0.4) is 0 Å². The maximum atomic E-state index is 13.7. The molecule has 2 amide bonds. The quantitative estimate of drug-likeness (QED) is 0.764. The first-order chi connectivity index (χ1) is 11.9. The fraction of sp³-hybridized carbons (Fsp3) is 0.474. The smallest absolute Gasteiger partial charge is 0.249 e. The molecule has 1 heterocycles. The molecule has 2 rings (SSSR count). The van der Waals surface area contributed by atoms with Gasteiger partial charge in [-0.2, -0.15) is 0 Å². The van der Waals surface area contributed by atoms with E-state index in [0.717, 1.165) is 6.54 Å². The fourth-order valence-electron chi connectivity index (χ4n) is 2.77. The molecule has 136 valence electrons. The van der Waals surface area contributed by atoms with Crippen molar-refractivity contribution in [2.75, 3.05) is 46.8 Å². The molecule has 0 bridgehead atoms. The van der Waals surface area contributed by atoms with E-state index in [2.05, 4.69) is 0 Å². The number of piperazine rings is 1. The molecule has 0 saturated carbocycles. The standard InChI is InChI=1S/C19H26FN3O2/c1-15(14-16-6-4-5-7-17(16)20)19(25)23-12-10-22(11-13-23)18(24)8-9-21(2)3/h4-7,14H,8-13H2,1-3H3/b15-14+. The van der Waals surface area contributed by atoms with E-state index < -0.39 is 0 Å². The van der Waals surface area contributed by atoms with E-state index in [-0.39, 0.29) is 17.6 Å². The van der Waals surface area contributed by atoms with Gasteiger partial charge in [0.2, 0.25) is 11.8 Å². The van der Waals surface area contributed by atoms with Crippen molar-refractivity contribution < 1.29 is 14.0 Å². The van der Waals surface area contributed by atoms with Gasteiger partial charge in [0.15, 0.2) is 0 Å². The number of hydrogen-bond donors (Lipinski definition) is 0. The molecule has 1 aliphatic heterocycles. The lowest BCUT2D eigenvalue weighted by molar-refractivity contribution is -0.137. The lowest BCUT2D eigenvalue weighted by Gasteiger charge is -2.35. The zero-order valence-electron chi connectivity index (χ0n) is 15.2. The summed E-state index contributed by atoms with van der Waals surface area (Å²) in [5.74, 6) is -0.325. The second kappa shape index (κ2) is 8.76. The van der Waals surface area contributed by atoms with Crippen LogP contribution in [-0.4, -0.2) is 73.3 Å². The lowest BCUT2D eigenvalue weighted by atomic mass is 10.1. The largest absolute Gasteiger partial charge is 0.339 e. The number of carbonyl (C=O) groups is 2. The molecule has 1 aromatic rings. The van der Waals surface area contributed by atoms with Crippen LogP contribution >= 0.6 is 0 Å². The summed E-state index contributed by atoms with van der Waals surface area (Å²) in [6.45, 7) is 4.53. The highest BCUT2D eigenvalue weighted by Crippen LogP contribution is 2.14. The van der Waals surface area contributed by atoms with Crippen LogP contribution in [-0.2, 0) is 9.59 Å². The number of nitrogens with zero attached hydrogens (tertiary/aromatic N) is 3. The van der Waals surface area contributed by atoms with Gasteiger partial charge in [-0.05, 0) is 33.2 Å². The number of carbonyl (C=O) groups excluding carboxylic acids is 2. The Morgan fingerprint density at radius 2 is 1.72 bits per heavy atom. The van der Waals surface area contributed by atoms with E-state index in [1.165, 1.54) is 6.07 Å². The highest BCUT2D eigenvalue weighted by atomic mass is 19.1. The zero-order chi connectivity index (χ0) is 18.4. The third kappa shape index (κ3) is 5.39. The molecular weight excluding hydrogens is 321 g/mol. The average molecular weight is 347 g/mol. The van der Waals surface area contributed by atoms with Gasteiger partial charge in [0.05, 0.1) is 0 Å². The first-order valence-corrected chi connectivity index (χ1v) is 8.53. The van der Waals surface area contributed by atoms with Gasteiger partial charge in [-0.1, -0.05) is 18.2 Å². The molecular formula is C19H26FN3O2. The SMILES string of the molecule is C/C(=C\c1ccccc1F)C(=O)N1CCN(C(=O)CCN(C)C)CC1. The van der Waals surface area contributed by atoms with Crippen molar-refractivity contribution in [2.24, 2.45) is 0 Å². The Kier molecular flexibility index (Phi) is 6.70. The Hall–Kier alpha value is -2.21. The fourth-order valence-corrected chi connectivity index (χ4v) is 2.77. The third-order valence-electron chi connectivity index (χ3n) is 4.31. The second-order valence-electron chi connectivity index (χ2n) is 6.58. The molecule has 25 heavy (non-hydrogen) atoms. The van der Waals surface area contributed by atoms with Crippen molar-refractivity contribution in [3.63, 3.8) is 0 Å². The number of halogens is 1. The molecule has 0 N–H and O–H groups in total. The van der Waals surface area contributed by atoms with E-state index >= 15 is 0 Å². The van der Waals surface area contributed by atoms with Crippen molar-refractivity contribution in [3.8, 4) is 0 Å². The molecule has 0 unspecified atom stereocenters. The molecule has 1 fully saturated rings. The lowest BCUT2D eigenvalue weighted by Crippen LogP contribution is -2.51. The Balaban J connectivity index is 1.90. The highest BCUT2D eigenvalue weighted by Gasteiger charge is 2.24. The van der Waals surface area contributed by atoms with E-state index in [1.54, 1.807) is 36.1 Å². The Morgan fingerprint density at radius 3 is 2.32 bits per heavy atom. The van der Waals surface area contributed by atoms with Gasteiger partial charge in [-0.25, -0.2) is 4.39 Å². The minimum absolute atomic E-state index is 0.108. The van der Waals surface area contributed by atoms with Gasteiger partial charge in [0.25, 0.3) is 0 Å². The number of hydrogen-bond acceptors (Lipinski definition) is 3. The second-order valence-corrected chi connectivity index (χ2v) is 6.58. The van der Waals surface area contributed by atoms with Crippen LogP contribution in [0.5, 0.6) is 0 Å². The van der Waals surface area contributed by atoms with Crippen molar-refractivity contribution in [2.45, 2.75) is 13.3 Å². The van der Waals surface area contributed by atoms with Crippen molar-refractivity contribution >= 4 is 17.9 Å². The first-order valence-electron chi connectivity index (χ1n) is 8.53. The predicted octanol–water partition coefficient (Wildman–Crippen LogP) is 1.85. The molecule has 6 heteroatoms. The van der Waals surface area contributed by atoms with Crippen molar-refractivity contribution in [3.05, 3.63) is 41.2 Å². The van der Waals surface area contributed by atoms with Crippen LogP contribution in [0.1, 0.15) is 18.9 Å². The monoisotopic (exact) mass is 347 g/mol. The van der Waals surface area contributed by atoms with Gasteiger partial charge in [0.1, 0.15) is 5.82 Å². The summed E-state index contributed by atoms with van der Waals surface area (Å²) in [5.41, 5.74) is 0.906. The van der Waals surface area contributed by atoms with E-state index in [4.69, 9.17) is 0 Å². The summed E-state index contributed by atoms with van der Waals surface area (Å²) in [6, 6.07) is 6.39. The minimum Gasteiger partial charge on any atom is -0.339 e. The van der Waals surface area contributed by atoms with Crippen LogP contribution in [0.4, 0.5) is 4.39 Å². The summed E-state index contributed by atoms with van der Waals surface area (Å²) >= 11 is 0. The number of benzene rings is 1. The Bertz CT molecular complexity index is 650. The van der Waals surface area contributed by atoms with E-state index in [0.29, 0.717) is 43.7 Å². The van der Waals surface area contributed by atoms with Crippen molar-refractivity contribution in [1.82, 2.24) is 14.7 Å². The highest BCUT2D eigenvalue weighted by molar-refractivity contribution is 5.97. The first kappa shape index (κ1) is 19.1. The molecule has 0 atom stereocenters. The van der Waals surface area contributed by atoms with Crippen LogP contribution in [0.2, 0.25) is 0 Å². The number of rotatable bonds is 5. The molecule has 0 aromatic heterocycles. The van der Waals surface area contributed by atoms with Gasteiger partial charge in [-0.15, -0.1) is 0 Å². The van der Waals surface area contributed by atoms with Crippen molar-refractivity contribution in [1.29, 1.82) is 0 Å². The molecule has 0 aliphatic carbocycles. The molecule has 1 aromatic carbocycles. The van der Waals surface area contributed by atoms with Gasteiger partial charge in [0, 0.05) is 50.3 Å². The number of amides is 2. The molecule has 0 spiro atoms. The van der Waals surface area contributed by atoms with E-state index in [9.17, 15) is 14.0 Å². The molecule has 1 saturated heterocycles. The Labute approximate surface area is 148 Å². The summed E-state index contributed by atoms with van der Waals surface area (Å²) in [4.78, 5) is 30.2. The zero-order valence-corrected chi connectivity index (χ0v) is 15.2. The summed E-state index contributed by atoms with van der Waals surface area (Å²) in [5, 5.41) is 0. The third-order valence-corrected chi connectivity index (χ3v) is 4.31. The van der Waals surface area contributed by atoms with Crippen LogP contribution in [0.25, 0.3) is 6.08 Å². The summed E-state index contributed by atoms with van der Waals surface area (Å²) in [6.07, 6.45) is 2.07. The van der Waals surface area contributed by atoms with E-state index in [1.807, 2.05) is 23.9 Å². The van der Waals surface area contributed by atoms with Gasteiger partial charge in [-0.3, -0.25) is 9.59 Å². The molecule has 5 nitrogen and oxygen atoms in total. The van der Waals surface area contributed by atoms with Crippen LogP contribution in [0, 0.1) is 5.82 Å². The molecule has 0 radical (unpaired) electrons. The normalized spacial score (nSPS) is 15.6. The average Bonchev–Trinajstić information content (AvgIpc) is 2.61. The van der Waals surface area contributed by atoms with Gasteiger partial charge >= 0.3 is 0 Å². The van der Waals surface area contributed by atoms with Crippen LogP contribution in [0.15, 0.2) is 29.8 Å². The minimum atomic E-state index is -0.342. The molecule has 1 aliphatic rings. The van der Waals surface area contributed by atoms with Gasteiger partial charge < -0.3 is 14.7 Å². The summed E-state index contributed by atoms with van der Waals surface area (Å²) < 4.78 is 13.7. The van der Waals surface area contributed by atoms with Crippen LogP contribution < -0.4 is 0 Å². The predicted molar refractivity (Wildman–Crippen MR) is 96.4 cm³/mol. The Morgan fingerprint density at radius 1 is 1.12 bits per heavy atom. The topological polar surface area (TPSA) is 43.9 Å². The maximum Gasteiger partial charge on any atom is 0.249 e.